The second kappa shape index (κ2) is 5.14. The lowest BCUT2D eigenvalue weighted by molar-refractivity contribution is 0.692. The van der Waals surface area contributed by atoms with Crippen molar-refractivity contribution in [3.63, 3.8) is 0 Å². The van der Waals surface area contributed by atoms with Crippen LogP contribution in [0.2, 0.25) is 0 Å². The molecule has 0 aliphatic rings. The average Bonchev–Trinajstić information content (AvgIpc) is 2.56. The molecule has 2 rings (SSSR count). The number of halogens is 1. The van der Waals surface area contributed by atoms with Crippen molar-refractivity contribution in [2.45, 2.75) is 20.4 Å². The average molecular weight is 308 g/mol. The van der Waals surface area contributed by atoms with Crippen molar-refractivity contribution in [2.75, 3.05) is 11.9 Å². The zero-order chi connectivity index (χ0) is 13.3. The minimum atomic E-state index is 0.836. The van der Waals surface area contributed by atoms with Gasteiger partial charge >= 0.3 is 0 Å². The van der Waals surface area contributed by atoms with E-state index < -0.39 is 0 Å². The second-order valence-electron chi connectivity index (χ2n) is 4.61. The van der Waals surface area contributed by atoms with Crippen molar-refractivity contribution in [3.05, 3.63) is 45.7 Å². The molecule has 1 aromatic heterocycles. The summed E-state index contributed by atoms with van der Waals surface area (Å²) in [6.45, 7) is 4.99. The number of aromatic nitrogens is 2. The Labute approximate surface area is 117 Å². The number of anilines is 1. The molecule has 0 radical (unpaired) electrons. The molecule has 0 aliphatic heterocycles. The number of hydrogen-bond acceptors (Lipinski definition) is 2. The van der Waals surface area contributed by atoms with E-state index in [9.17, 15) is 0 Å². The molecule has 0 aliphatic carbocycles. The fourth-order valence-corrected chi connectivity index (χ4v) is 2.61. The van der Waals surface area contributed by atoms with Gasteiger partial charge in [-0.05, 0) is 41.4 Å². The van der Waals surface area contributed by atoms with Crippen LogP contribution in [0.4, 0.5) is 5.69 Å². The molecule has 1 aromatic carbocycles. The summed E-state index contributed by atoms with van der Waals surface area (Å²) >= 11 is 3.61. The summed E-state index contributed by atoms with van der Waals surface area (Å²) in [6.07, 6.45) is 0. The smallest absolute Gasteiger partial charge is 0.0739 e. The number of nitrogens with zero attached hydrogens (tertiary/aromatic N) is 3. The van der Waals surface area contributed by atoms with Crippen LogP contribution in [0.1, 0.15) is 17.0 Å². The number of para-hydroxylation sites is 1. The molecule has 0 atom stereocenters. The maximum Gasteiger partial charge on any atom is 0.0739 e. The highest BCUT2D eigenvalue weighted by atomic mass is 79.9. The van der Waals surface area contributed by atoms with Crippen molar-refractivity contribution in [1.29, 1.82) is 0 Å². The van der Waals surface area contributed by atoms with Gasteiger partial charge in [0.15, 0.2) is 0 Å². The molecular weight excluding hydrogens is 290 g/mol. The van der Waals surface area contributed by atoms with Crippen molar-refractivity contribution in [2.24, 2.45) is 7.05 Å². The number of hydrogen-bond donors (Lipinski definition) is 0. The van der Waals surface area contributed by atoms with E-state index in [1.807, 2.05) is 18.7 Å². The van der Waals surface area contributed by atoms with E-state index >= 15 is 0 Å². The molecule has 18 heavy (non-hydrogen) atoms. The number of benzene rings is 1. The Balaban J connectivity index is 2.27. The van der Waals surface area contributed by atoms with Crippen LogP contribution in [0.15, 0.2) is 28.7 Å². The van der Waals surface area contributed by atoms with E-state index in [1.165, 1.54) is 16.9 Å². The van der Waals surface area contributed by atoms with Gasteiger partial charge in [0.1, 0.15) is 0 Å². The molecule has 0 spiro atoms. The molecule has 0 unspecified atom stereocenters. The van der Waals surface area contributed by atoms with Crippen LogP contribution >= 0.6 is 15.9 Å². The second-order valence-corrected chi connectivity index (χ2v) is 5.41. The van der Waals surface area contributed by atoms with Gasteiger partial charge in [-0.25, -0.2) is 0 Å². The molecule has 0 N–H and O–H groups in total. The Morgan fingerprint density at radius 2 is 1.94 bits per heavy atom. The Kier molecular flexibility index (Phi) is 3.76. The third-order valence-corrected chi connectivity index (χ3v) is 4.21. The summed E-state index contributed by atoms with van der Waals surface area (Å²) in [6, 6.07) is 8.42. The van der Waals surface area contributed by atoms with Crippen LogP contribution in [0.3, 0.4) is 0 Å². The van der Waals surface area contributed by atoms with E-state index in [-0.39, 0.29) is 0 Å². The lowest BCUT2D eigenvalue weighted by Gasteiger charge is -2.21. The third-order valence-electron chi connectivity index (χ3n) is 3.18. The molecule has 96 valence electrons. The summed E-state index contributed by atoms with van der Waals surface area (Å²) in [5, 5.41) is 4.42. The molecule has 0 fully saturated rings. The topological polar surface area (TPSA) is 21.1 Å². The van der Waals surface area contributed by atoms with Crippen LogP contribution in [-0.2, 0) is 13.6 Å². The van der Waals surface area contributed by atoms with E-state index in [4.69, 9.17) is 0 Å². The van der Waals surface area contributed by atoms with Gasteiger partial charge in [0.05, 0.1) is 22.4 Å². The van der Waals surface area contributed by atoms with Gasteiger partial charge in [-0.15, -0.1) is 0 Å². The molecule has 2 aromatic rings. The lowest BCUT2D eigenvalue weighted by Crippen LogP contribution is -2.19. The Morgan fingerprint density at radius 1 is 1.28 bits per heavy atom. The zero-order valence-electron chi connectivity index (χ0n) is 11.2. The molecular formula is C14H18BrN3. The van der Waals surface area contributed by atoms with Crippen LogP contribution < -0.4 is 4.90 Å². The maximum absolute atomic E-state index is 4.42. The normalized spacial score (nSPS) is 10.7. The number of aryl methyl sites for hydroxylation is 3. The van der Waals surface area contributed by atoms with Crippen molar-refractivity contribution < 1.29 is 0 Å². The lowest BCUT2D eigenvalue weighted by atomic mass is 10.2. The van der Waals surface area contributed by atoms with E-state index in [1.54, 1.807) is 0 Å². The van der Waals surface area contributed by atoms with Crippen molar-refractivity contribution in [3.8, 4) is 0 Å². The van der Waals surface area contributed by atoms with Crippen LogP contribution in [0.5, 0.6) is 0 Å². The molecule has 0 amide bonds. The molecule has 1 heterocycles. The molecule has 4 heteroatoms. The predicted molar refractivity (Wildman–Crippen MR) is 78.9 cm³/mol. The van der Waals surface area contributed by atoms with Gasteiger partial charge in [0.25, 0.3) is 0 Å². The Bertz CT molecular complexity index is 560. The van der Waals surface area contributed by atoms with Gasteiger partial charge in [-0.2, -0.15) is 5.10 Å². The molecule has 3 nitrogen and oxygen atoms in total. The van der Waals surface area contributed by atoms with Gasteiger partial charge in [0, 0.05) is 19.8 Å². The van der Waals surface area contributed by atoms with Crippen LogP contribution in [0, 0.1) is 13.8 Å². The van der Waals surface area contributed by atoms with Crippen LogP contribution in [-0.4, -0.2) is 16.8 Å². The largest absolute Gasteiger partial charge is 0.368 e. The minimum absolute atomic E-state index is 0.836. The van der Waals surface area contributed by atoms with Gasteiger partial charge in [-0.3, -0.25) is 4.68 Å². The number of rotatable bonds is 3. The van der Waals surface area contributed by atoms with Crippen molar-refractivity contribution >= 4 is 21.6 Å². The maximum atomic E-state index is 4.42. The van der Waals surface area contributed by atoms with Gasteiger partial charge in [0.2, 0.25) is 0 Å². The SMILES string of the molecule is Cc1ccccc1N(C)Cc1c(Br)c(C)nn1C. The summed E-state index contributed by atoms with van der Waals surface area (Å²) in [5.41, 5.74) is 4.77. The predicted octanol–water partition coefficient (Wildman–Crippen LogP) is 3.44. The summed E-state index contributed by atoms with van der Waals surface area (Å²) < 4.78 is 3.04. The molecule has 0 saturated carbocycles. The Hall–Kier alpha value is -1.29. The Morgan fingerprint density at radius 3 is 2.50 bits per heavy atom. The standard InChI is InChI=1S/C14H18BrN3/c1-10-7-5-6-8-12(10)17(3)9-13-14(15)11(2)16-18(13)4/h5-8H,9H2,1-4H3. The molecule has 0 saturated heterocycles. The van der Waals surface area contributed by atoms with Crippen LogP contribution in [0.25, 0.3) is 0 Å². The monoisotopic (exact) mass is 307 g/mol. The first-order chi connectivity index (χ1) is 8.50. The molecule has 0 bridgehead atoms. The summed E-state index contributed by atoms with van der Waals surface area (Å²) in [7, 11) is 4.09. The quantitative estimate of drug-likeness (QED) is 0.866. The fraction of sp³-hybridized carbons (Fsp3) is 0.357. The van der Waals surface area contributed by atoms with Gasteiger partial charge in [-0.1, -0.05) is 18.2 Å². The first-order valence-electron chi connectivity index (χ1n) is 5.95. The highest BCUT2D eigenvalue weighted by Crippen LogP contribution is 2.25. The summed E-state index contributed by atoms with van der Waals surface area (Å²) in [5.74, 6) is 0. The first-order valence-corrected chi connectivity index (χ1v) is 6.74. The van der Waals surface area contributed by atoms with Crippen molar-refractivity contribution in [1.82, 2.24) is 9.78 Å². The fourth-order valence-electron chi connectivity index (χ4n) is 2.15. The highest BCUT2D eigenvalue weighted by molar-refractivity contribution is 9.10. The zero-order valence-corrected chi connectivity index (χ0v) is 12.8. The third kappa shape index (κ3) is 2.43. The van der Waals surface area contributed by atoms with E-state index in [2.05, 4.69) is 64.2 Å². The van der Waals surface area contributed by atoms with E-state index in [0.29, 0.717) is 0 Å². The first kappa shape index (κ1) is 13.1. The summed E-state index contributed by atoms with van der Waals surface area (Å²) in [4.78, 5) is 2.25. The van der Waals surface area contributed by atoms with Gasteiger partial charge < -0.3 is 4.90 Å². The highest BCUT2D eigenvalue weighted by Gasteiger charge is 2.13. The van der Waals surface area contributed by atoms with E-state index in [0.717, 1.165) is 16.7 Å². The minimum Gasteiger partial charge on any atom is -0.368 e.